The summed E-state index contributed by atoms with van der Waals surface area (Å²) < 4.78 is 10.9. The first-order chi connectivity index (χ1) is 9.16. The van der Waals surface area contributed by atoms with Crippen LogP contribution in [0.25, 0.3) is 0 Å². The molecule has 0 saturated carbocycles. The van der Waals surface area contributed by atoms with Crippen LogP contribution in [0.15, 0.2) is 18.2 Å². The molecule has 0 aromatic heterocycles. The molecule has 0 unspecified atom stereocenters. The van der Waals surface area contributed by atoms with E-state index in [2.05, 4.69) is 4.90 Å². The van der Waals surface area contributed by atoms with Gasteiger partial charge in [-0.1, -0.05) is 11.6 Å². The summed E-state index contributed by atoms with van der Waals surface area (Å²) in [7, 11) is 1.42. The molecule has 1 aromatic rings. The first-order valence-corrected chi connectivity index (χ1v) is 6.68. The average molecular weight is 286 g/mol. The lowest BCUT2D eigenvalue weighted by atomic mass is 10.3. The van der Waals surface area contributed by atoms with E-state index in [9.17, 15) is 5.21 Å². The molecule has 0 spiro atoms. The Kier molecular flexibility index (Phi) is 5.27. The van der Waals surface area contributed by atoms with E-state index >= 15 is 0 Å². The number of rotatable bonds is 5. The minimum Gasteiger partial charge on any atom is -0.758 e. The standard InChI is InChI=1S/C13H18ClN2O3/c1-15(17)13-3-2-11(10-12(13)14)19-9-6-16-4-7-18-8-5-16/h2-3,10H,4-9H2,1H3/q-1. The Hall–Kier alpha value is -1.01. The average Bonchev–Trinajstić information content (AvgIpc) is 2.39. The van der Waals surface area contributed by atoms with Crippen LogP contribution in [0.2, 0.25) is 5.02 Å². The number of anilines is 1. The summed E-state index contributed by atoms with van der Waals surface area (Å²) in [6.07, 6.45) is 0. The number of hydrogen-bond acceptors (Lipinski definition) is 5. The van der Waals surface area contributed by atoms with Crippen LogP contribution in [-0.2, 0) is 4.74 Å². The molecule has 1 aliphatic heterocycles. The second-order valence-electron chi connectivity index (χ2n) is 4.41. The fraction of sp³-hybridized carbons (Fsp3) is 0.538. The number of halogens is 1. The van der Waals surface area contributed by atoms with Gasteiger partial charge in [0, 0.05) is 31.4 Å². The van der Waals surface area contributed by atoms with Gasteiger partial charge in [0.05, 0.1) is 18.2 Å². The zero-order valence-corrected chi connectivity index (χ0v) is 11.7. The van der Waals surface area contributed by atoms with Crippen LogP contribution in [0.1, 0.15) is 0 Å². The normalized spacial score (nSPS) is 16.4. The third-order valence-corrected chi connectivity index (χ3v) is 3.34. The molecule has 0 bridgehead atoms. The van der Waals surface area contributed by atoms with Gasteiger partial charge in [0.2, 0.25) is 0 Å². The van der Waals surface area contributed by atoms with Crippen molar-refractivity contribution in [1.29, 1.82) is 0 Å². The predicted octanol–water partition coefficient (Wildman–Crippen LogP) is 1.98. The molecule has 5 nitrogen and oxygen atoms in total. The van der Waals surface area contributed by atoms with E-state index in [0.29, 0.717) is 23.1 Å². The first-order valence-electron chi connectivity index (χ1n) is 6.30. The lowest BCUT2D eigenvalue weighted by molar-refractivity contribution is 0.0322. The number of ether oxygens (including phenoxy) is 2. The Bertz CT molecular complexity index is 409. The van der Waals surface area contributed by atoms with Crippen molar-refractivity contribution in [2.24, 2.45) is 0 Å². The highest BCUT2D eigenvalue weighted by molar-refractivity contribution is 6.33. The molecular formula is C13H18ClN2O3-. The van der Waals surface area contributed by atoms with Gasteiger partial charge in [-0.2, -0.15) is 0 Å². The minimum absolute atomic E-state index is 0.404. The molecule has 1 aromatic carbocycles. The molecule has 19 heavy (non-hydrogen) atoms. The minimum atomic E-state index is 0.404. The van der Waals surface area contributed by atoms with Crippen molar-refractivity contribution < 1.29 is 9.47 Å². The second kappa shape index (κ2) is 6.96. The Labute approximate surface area is 118 Å². The third kappa shape index (κ3) is 4.24. The number of benzene rings is 1. The maximum Gasteiger partial charge on any atom is 0.121 e. The maximum absolute atomic E-state index is 11.2. The van der Waals surface area contributed by atoms with Crippen molar-refractivity contribution in [3.05, 3.63) is 28.4 Å². The van der Waals surface area contributed by atoms with E-state index in [1.165, 1.54) is 7.05 Å². The van der Waals surface area contributed by atoms with E-state index in [1.54, 1.807) is 18.2 Å². The zero-order chi connectivity index (χ0) is 13.7. The van der Waals surface area contributed by atoms with Crippen molar-refractivity contribution in [1.82, 2.24) is 4.90 Å². The summed E-state index contributed by atoms with van der Waals surface area (Å²) in [5.74, 6) is 0.684. The van der Waals surface area contributed by atoms with Gasteiger partial charge < -0.3 is 19.7 Å². The predicted molar refractivity (Wildman–Crippen MR) is 76.0 cm³/mol. The number of hydroxylamine groups is 1. The molecular weight excluding hydrogens is 268 g/mol. The van der Waals surface area contributed by atoms with E-state index in [1.807, 2.05) is 0 Å². The highest BCUT2D eigenvalue weighted by atomic mass is 35.5. The Balaban J connectivity index is 1.81. The van der Waals surface area contributed by atoms with E-state index in [4.69, 9.17) is 21.1 Å². The molecule has 0 radical (unpaired) electrons. The van der Waals surface area contributed by atoms with Crippen molar-refractivity contribution >= 4 is 17.3 Å². The molecule has 0 atom stereocenters. The van der Waals surface area contributed by atoms with Crippen LogP contribution in [0.3, 0.4) is 0 Å². The lowest BCUT2D eigenvalue weighted by Crippen LogP contribution is -2.38. The molecule has 1 saturated heterocycles. The molecule has 1 heterocycles. The van der Waals surface area contributed by atoms with Crippen LogP contribution in [0.5, 0.6) is 5.75 Å². The summed E-state index contributed by atoms with van der Waals surface area (Å²) in [4.78, 5) is 2.30. The summed E-state index contributed by atoms with van der Waals surface area (Å²) in [6.45, 7) is 4.94. The van der Waals surface area contributed by atoms with Gasteiger partial charge >= 0.3 is 0 Å². The molecule has 0 amide bonds. The number of nitrogens with zero attached hydrogens (tertiary/aromatic N) is 2. The molecule has 1 fully saturated rings. The van der Waals surface area contributed by atoms with Crippen molar-refractivity contribution in [3.8, 4) is 5.75 Å². The van der Waals surface area contributed by atoms with E-state index < -0.39 is 0 Å². The van der Waals surface area contributed by atoms with E-state index in [0.717, 1.165) is 37.9 Å². The van der Waals surface area contributed by atoms with Crippen LogP contribution in [0, 0.1) is 5.21 Å². The monoisotopic (exact) mass is 285 g/mol. The van der Waals surface area contributed by atoms with Crippen LogP contribution in [-0.4, -0.2) is 51.4 Å². The van der Waals surface area contributed by atoms with Gasteiger partial charge in [0.1, 0.15) is 12.4 Å². The molecule has 0 N–H and O–H groups in total. The SMILES string of the molecule is CN([O-])c1ccc(OCCN2CCOCC2)cc1Cl. The van der Waals surface area contributed by atoms with Gasteiger partial charge in [-0.15, -0.1) is 0 Å². The third-order valence-electron chi connectivity index (χ3n) is 3.04. The fourth-order valence-electron chi connectivity index (χ4n) is 1.95. The highest BCUT2D eigenvalue weighted by Crippen LogP contribution is 2.28. The second-order valence-corrected chi connectivity index (χ2v) is 4.82. The topological polar surface area (TPSA) is 48.0 Å². The number of morpholine rings is 1. The van der Waals surface area contributed by atoms with Crippen LogP contribution in [0.4, 0.5) is 5.69 Å². The summed E-state index contributed by atoms with van der Waals surface area (Å²) in [6, 6.07) is 5.10. The summed E-state index contributed by atoms with van der Waals surface area (Å²) >= 11 is 6.00. The molecule has 2 rings (SSSR count). The van der Waals surface area contributed by atoms with Crippen molar-refractivity contribution in [2.75, 3.05) is 51.6 Å². The van der Waals surface area contributed by atoms with Gasteiger partial charge in [-0.05, 0) is 19.2 Å². The van der Waals surface area contributed by atoms with Crippen LogP contribution >= 0.6 is 11.6 Å². The largest absolute Gasteiger partial charge is 0.758 e. The molecule has 106 valence electrons. The Morgan fingerprint density at radius 3 is 2.79 bits per heavy atom. The quantitative estimate of drug-likeness (QED) is 0.774. The van der Waals surface area contributed by atoms with Gasteiger partial charge in [-0.3, -0.25) is 4.90 Å². The number of hydrogen-bond donors (Lipinski definition) is 0. The van der Waals surface area contributed by atoms with Crippen molar-refractivity contribution in [3.63, 3.8) is 0 Å². The summed E-state index contributed by atoms with van der Waals surface area (Å²) in [5, 5.41) is 12.3. The molecule has 6 heteroatoms. The lowest BCUT2D eigenvalue weighted by Gasteiger charge is -2.27. The molecule has 1 aliphatic rings. The molecule has 0 aliphatic carbocycles. The first kappa shape index (κ1) is 14.4. The van der Waals surface area contributed by atoms with Gasteiger partial charge in [0.15, 0.2) is 0 Å². The maximum atomic E-state index is 11.2. The smallest absolute Gasteiger partial charge is 0.121 e. The van der Waals surface area contributed by atoms with Gasteiger partial charge in [0.25, 0.3) is 0 Å². The summed E-state index contributed by atoms with van der Waals surface area (Å²) in [5.41, 5.74) is 0.446. The van der Waals surface area contributed by atoms with Crippen molar-refractivity contribution in [2.45, 2.75) is 0 Å². The van der Waals surface area contributed by atoms with Crippen LogP contribution < -0.4 is 9.80 Å². The zero-order valence-electron chi connectivity index (χ0n) is 11.0. The fourth-order valence-corrected chi connectivity index (χ4v) is 2.24. The Morgan fingerprint density at radius 1 is 1.42 bits per heavy atom. The Morgan fingerprint density at radius 2 is 2.16 bits per heavy atom. The van der Waals surface area contributed by atoms with Gasteiger partial charge in [-0.25, -0.2) is 0 Å². The highest BCUT2D eigenvalue weighted by Gasteiger charge is 2.10. The van der Waals surface area contributed by atoms with E-state index in [-0.39, 0.29) is 0 Å².